The van der Waals surface area contributed by atoms with Gasteiger partial charge < -0.3 is 4.74 Å². The predicted octanol–water partition coefficient (Wildman–Crippen LogP) is 3.53. The van der Waals surface area contributed by atoms with Gasteiger partial charge in [-0.15, -0.1) is 11.3 Å². The summed E-state index contributed by atoms with van der Waals surface area (Å²) in [6.07, 6.45) is 1.42. The lowest BCUT2D eigenvalue weighted by Crippen LogP contribution is -2.26. The minimum Gasteiger partial charge on any atom is -0.368 e. The second-order valence-electron chi connectivity index (χ2n) is 4.54. The van der Waals surface area contributed by atoms with E-state index in [1.807, 2.05) is 29.6 Å². The van der Waals surface area contributed by atoms with Crippen molar-refractivity contribution in [1.82, 2.24) is 4.98 Å². The number of hydrogen-bond donors (Lipinski definition) is 1. The molecular formula is C14H13IN2O2S. The van der Waals surface area contributed by atoms with Crippen molar-refractivity contribution in [2.75, 3.05) is 11.9 Å². The number of ether oxygens (including phenoxy) is 1. The number of hydrogen-bond acceptors (Lipinski definition) is 4. The highest BCUT2D eigenvalue weighted by Gasteiger charge is 2.24. The van der Waals surface area contributed by atoms with Crippen molar-refractivity contribution in [2.24, 2.45) is 0 Å². The third-order valence-electron chi connectivity index (χ3n) is 3.10. The lowest BCUT2D eigenvalue weighted by Gasteiger charge is -2.07. The Morgan fingerprint density at radius 2 is 2.20 bits per heavy atom. The van der Waals surface area contributed by atoms with Gasteiger partial charge in [-0.05, 0) is 47.6 Å². The van der Waals surface area contributed by atoms with Crippen LogP contribution in [0.2, 0.25) is 0 Å². The lowest BCUT2D eigenvalue weighted by molar-refractivity contribution is -0.124. The van der Waals surface area contributed by atoms with Crippen molar-refractivity contribution >= 4 is 45.0 Å². The van der Waals surface area contributed by atoms with Crippen LogP contribution in [-0.2, 0) is 9.53 Å². The van der Waals surface area contributed by atoms with E-state index in [0.717, 1.165) is 24.1 Å². The predicted molar refractivity (Wildman–Crippen MR) is 87.9 cm³/mol. The molecule has 3 rings (SSSR count). The van der Waals surface area contributed by atoms with Crippen LogP contribution >= 0.6 is 33.9 Å². The molecule has 104 valence electrons. The van der Waals surface area contributed by atoms with Crippen molar-refractivity contribution in [2.45, 2.75) is 18.9 Å². The number of carbonyl (C=O) groups excluding carboxylic acids is 1. The summed E-state index contributed by atoms with van der Waals surface area (Å²) >= 11 is 3.71. The van der Waals surface area contributed by atoms with Crippen LogP contribution in [0.25, 0.3) is 11.3 Å². The number of rotatable bonds is 3. The van der Waals surface area contributed by atoms with Crippen LogP contribution in [0.15, 0.2) is 29.6 Å². The van der Waals surface area contributed by atoms with Crippen molar-refractivity contribution in [3.05, 3.63) is 33.2 Å². The maximum atomic E-state index is 11.9. The minimum absolute atomic E-state index is 0.0917. The number of carbonyl (C=O) groups is 1. The highest BCUT2D eigenvalue weighted by molar-refractivity contribution is 14.1. The second kappa shape index (κ2) is 6.19. The molecule has 0 bridgehead atoms. The molecule has 1 aliphatic heterocycles. The zero-order valence-corrected chi connectivity index (χ0v) is 13.6. The first-order valence-electron chi connectivity index (χ1n) is 6.36. The molecule has 0 spiro atoms. The Bertz CT molecular complexity index is 606. The van der Waals surface area contributed by atoms with Gasteiger partial charge in [-0.1, -0.05) is 12.1 Å². The summed E-state index contributed by atoms with van der Waals surface area (Å²) in [6, 6.07) is 8.14. The third kappa shape index (κ3) is 3.18. The molecular weight excluding hydrogens is 387 g/mol. The average molecular weight is 400 g/mol. The fourth-order valence-electron chi connectivity index (χ4n) is 2.05. The van der Waals surface area contributed by atoms with Crippen molar-refractivity contribution in [3.63, 3.8) is 0 Å². The van der Waals surface area contributed by atoms with Crippen LogP contribution < -0.4 is 5.32 Å². The molecule has 1 saturated heterocycles. The largest absolute Gasteiger partial charge is 0.368 e. The van der Waals surface area contributed by atoms with Gasteiger partial charge >= 0.3 is 0 Å². The first kappa shape index (κ1) is 14.0. The number of anilines is 1. The molecule has 1 amide bonds. The standard InChI is InChI=1S/C14H13IN2O2S/c15-10-5-3-9(4-6-10)11-8-20-14(16-11)17-13(18)12-2-1-7-19-12/h3-6,8,12H,1-2,7H2,(H,16,17,18)/t12-/m0/s1. The molecule has 4 nitrogen and oxygen atoms in total. The topological polar surface area (TPSA) is 51.2 Å². The normalized spacial score (nSPS) is 18.1. The highest BCUT2D eigenvalue weighted by atomic mass is 127. The molecule has 6 heteroatoms. The number of nitrogens with one attached hydrogen (secondary N) is 1. The number of halogens is 1. The van der Waals surface area contributed by atoms with Gasteiger partial charge in [0.05, 0.1) is 5.69 Å². The molecule has 1 N–H and O–H groups in total. The Morgan fingerprint density at radius 1 is 1.40 bits per heavy atom. The first-order chi connectivity index (χ1) is 9.72. The van der Waals surface area contributed by atoms with Crippen molar-refractivity contribution in [1.29, 1.82) is 0 Å². The summed E-state index contributed by atoms with van der Waals surface area (Å²) in [5.74, 6) is -0.0917. The number of thiazole rings is 1. The van der Waals surface area contributed by atoms with Gasteiger partial charge in [0.25, 0.3) is 5.91 Å². The summed E-state index contributed by atoms with van der Waals surface area (Å²) in [6.45, 7) is 0.670. The Balaban J connectivity index is 1.70. The van der Waals surface area contributed by atoms with Crippen LogP contribution in [0.1, 0.15) is 12.8 Å². The molecule has 0 radical (unpaired) electrons. The minimum atomic E-state index is -0.319. The SMILES string of the molecule is O=C(Nc1nc(-c2ccc(I)cc2)cs1)[C@@H]1CCCO1. The summed E-state index contributed by atoms with van der Waals surface area (Å²) in [5, 5.41) is 5.40. The number of amides is 1. The molecule has 0 unspecified atom stereocenters. The molecule has 0 aliphatic carbocycles. The summed E-state index contributed by atoms with van der Waals surface area (Å²) < 4.78 is 6.54. The molecule has 2 heterocycles. The smallest absolute Gasteiger partial charge is 0.255 e. The lowest BCUT2D eigenvalue weighted by atomic mass is 10.2. The number of aromatic nitrogens is 1. The van der Waals surface area contributed by atoms with Gasteiger partial charge in [0.2, 0.25) is 0 Å². The molecule has 1 aliphatic rings. The first-order valence-corrected chi connectivity index (χ1v) is 8.32. The Kier molecular flexibility index (Phi) is 4.32. The van der Waals surface area contributed by atoms with Crippen LogP contribution in [0.3, 0.4) is 0 Å². The van der Waals surface area contributed by atoms with Gasteiger partial charge in [0, 0.05) is 21.1 Å². The van der Waals surface area contributed by atoms with Gasteiger partial charge in [-0.25, -0.2) is 4.98 Å². The quantitative estimate of drug-likeness (QED) is 0.803. The Hall–Kier alpha value is -0.990. The van der Waals surface area contributed by atoms with Crippen LogP contribution in [0.4, 0.5) is 5.13 Å². The van der Waals surface area contributed by atoms with E-state index in [4.69, 9.17) is 4.74 Å². The van der Waals surface area contributed by atoms with Crippen LogP contribution in [0, 0.1) is 3.57 Å². The maximum Gasteiger partial charge on any atom is 0.255 e. The van der Waals surface area contributed by atoms with E-state index in [2.05, 4.69) is 32.9 Å². The van der Waals surface area contributed by atoms with E-state index in [1.165, 1.54) is 14.9 Å². The van der Waals surface area contributed by atoms with E-state index < -0.39 is 0 Å². The van der Waals surface area contributed by atoms with Gasteiger partial charge in [0.1, 0.15) is 6.10 Å². The van der Waals surface area contributed by atoms with E-state index in [1.54, 1.807) is 0 Å². The fourth-order valence-corrected chi connectivity index (χ4v) is 3.14. The van der Waals surface area contributed by atoms with Gasteiger partial charge in [-0.3, -0.25) is 10.1 Å². The molecule has 1 aromatic carbocycles. The molecule has 1 atom stereocenters. The summed E-state index contributed by atoms with van der Waals surface area (Å²) in [4.78, 5) is 16.4. The summed E-state index contributed by atoms with van der Waals surface area (Å²) in [7, 11) is 0. The third-order valence-corrected chi connectivity index (χ3v) is 4.57. The van der Waals surface area contributed by atoms with Crippen molar-refractivity contribution in [3.8, 4) is 11.3 Å². The van der Waals surface area contributed by atoms with Gasteiger partial charge in [-0.2, -0.15) is 0 Å². The zero-order chi connectivity index (χ0) is 13.9. The highest BCUT2D eigenvalue weighted by Crippen LogP contribution is 2.26. The fraction of sp³-hybridized carbons (Fsp3) is 0.286. The Morgan fingerprint density at radius 3 is 2.90 bits per heavy atom. The number of nitrogens with zero attached hydrogens (tertiary/aromatic N) is 1. The average Bonchev–Trinajstić information content (AvgIpc) is 3.10. The van der Waals surface area contributed by atoms with Crippen LogP contribution in [0.5, 0.6) is 0 Å². The molecule has 1 fully saturated rings. The molecule has 2 aromatic rings. The number of benzene rings is 1. The van der Waals surface area contributed by atoms with Gasteiger partial charge in [0.15, 0.2) is 5.13 Å². The van der Waals surface area contributed by atoms with Crippen molar-refractivity contribution < 1.29 is 9.53 Å². The zero-order valence-electron chi connectivity index (χ0n) is 10.6. The van der Waals surface area contributed by atoms with E-state index in [0.29, 0.717) is 11.7 Å². The maximum absolute atomic E-state index is 11.9. The molecule has 0 saturated carbocycles. The monoisotopic (exact) mass is 400 g/mol. The van der Waals surface area contributed by atoms with E-state index >= 15 is 0 Å². The Labute approximate surface area is 134 Å². The molecule has 20 heavy (non-hydrogen) atoms. The summed E-state index contributed by atoms with van der Waals surface area (Å²) in [5.41, 5.74) is 1.94. The van der Waals surface area contributed by atoms with E-state index in [9.17, 15) is 4.79 Å². The van der Waals surface area contributed by atoms with Crippen LogP contribution in [-0.4, -0.2) is 23.6 Å². The molecule has 1 aromatic heterocycles. The second-order valence-corrected chi connectivity index (χ2v) is 6.64. The van der Waals surface area contributed by atoms with E-state index in [-0.39, 0.29) is 12.0 Å².